The Balaban J connectivity index is 1.85. The molecule has 1 aromatic rings. The van der Waals surface area contributed by atoms with Crippen LogP contribution < -0.4 is 4.74 Å². The summed E-state index contributed by atoms with van der Waals surface area (Å²) >= 11 is 0. The molecule has 0 aliphatic carbocycles. The monoisotopic (exact) mass is 365 g/mol. The van der Waals surface area contributed by atoms with Crippen LogP contribution in [-0.4, -0.2) is 36.0 Å². The molecule has 0 aliphatic heterocycles. The van der Waals surface area contributed by atoms with Gasteiger partial charge in [0.25, 0.3) is 0 Å². The summed E-state index contributed by atoms with van der Waals surface area (Å²) in [6, 6.07) is 3.65. The Labute approximate surface area is 160 Å². The minimum atomic E-state index is -0.323. The van der Waals surface area contributed by atoms with E-state index in [9.17, 15) is 5.11 Å². The summed E-state index contributed by atoms with van der Waals surface area (Å²) in [6.45, 7) is 3.38. The average molecular weight is 366 g/mol. The maximum atomic E-state index is 9.37. The van der Waals surface area contributed by atoms with Gasteiger partial charge in [0.2, 0.25) is 0 Å². The van der Waals surface area contributed by atoms with Crippen LogP contribution in [0, 0.1) is 0 Å². The van der Waals surface area contributed by atoms with Crippen LogP contribution in [0.25, 0.3) is 0 Å². The predicted molar refractivity (Wildman–Crippen MR) is 108 cm³/mol. The first kappa shape index (κ1) is 22.9. The van der Waals surface area contributed by atoms with Gasteiger partial charge in [0, 0.05) is 12.8 Å². The Kier molecular flexibility index (Phi) is 15.2. The molecule has 1 N–H and O–H groups in total. The molecular formula is C22H39NO3. The van der Waals surface area contributed by atoms with E-state index in [0.717, 1.165) is 13.0 Å². The number of hydrogen-bond donors (Lipinski definition) is 1. The molecule has 0 aromatic carbocycles. The van der Waals surface area contributed by atoms with Gasteiger partial charge in [-0.3, -0.25) is 4.98 Å². The highest BCUT2D eigenvalue weighted by Crippen LogP contribution is 2.12. The van der Waals surface area contributed by atoms with Crippen molar-refractivity contribution in [3.05, 3.63) is 24.5 Å². The smallest absolute Gasteiger partial charge is 0.145 e. The first-order valence-corrected chi connectivity index (χ1v) is 10.6. The van der Waals surface area contributed by atoms with Crippen molar-refractivity contribution in [2.45, 2.75) is 90.1 Å². The van der Waals surface area contributed by atoms with Gasteiger partial charge in [-0.25, -0.2) is 0 Å². The van der Waals surface area contributed by atoms with E-state index in [4.69, 9.17) is 9.47 Å². The fourth-order valence-corrected chi connectivity index (χ4v) is 2.99. The lowest BCUT2D eigenvalue weighted by molar-refractivity contribution is 0.0187. The maximum absolute atomic E-state index is 9.37. The van der Waals surface area contributed by atoms with Gasteiger partial charge in [-0.1, -0.05) is 77.6 Å². The van der Waals surface area contributed by atoms with Gasteiger partial charge >= 0.3 is 0 Å². The second kappa shape index (κ2) is 17.3. The molecule has 0 fully saturated rings. The van der Waals surface area contributed by atoms with Crippen molar-refractivity contribution in [1.82, 2.24) is 4.98 Å². The van der Waals surface area contributed by atoms with Gasteiger partial charge in [-0.2, -0.15) is 0 Å². The summed E-state index contributed by atoms with van der Waals surface area (Å²) < 4.78 is 11.3. The number of hydrogen-bond acceptors (Lipinski definition) is 4. The molecule has 1 heterocycles. The van der Waals surface area contributed by atoms with Crippen LogP contribution in [0.2, 0.25) is 0 Å². The molecule has 4 heteroatoms. The lowest BCUT2D eigenvalue weighted by Crippen LogP contribution is -2.27. The molecule has 0 spiro atoms. The van der Waals surface area contributed by atoms with Gasteiger partial charge in [0.15, 0.2) is 0 Å². The Bertz CT molecular complexity index is 400. The molecule has 1 unspecified atom stereocenters. The number of pyridine rings is 1. The third-order valence-electron chi connectivity index (χ3n) is 4.59. The van der Waals surface area contributed by atoms with Gasteiger partial charge in [0.1, 0.15) is 11.9 Å². The molecule has 0 aliphatic rings. The fraction of sp³-hybridized carbons (Fsp3) is 0.773. The van der Waals surface area contributed by atoms with Crippen molar-refractivity contribution in [3.63, 3.8) is 0 Å². The van der Waals surface area contributed by atoms with Crippen LogP contribution in [0.5, 0.6) is 5.75 Å². The van der Waals surface area contributed by atoms with E-state index in [0.29, 0.717) is 12.4 Å². The average Bonchev–Trinajstić information content (AvgIpc) is 2.68. The minimum Gasteiger partial charge on any atom is -0.484 e. The normalized spacial score (nSPS) is 12.2. The molecule has 0 bridgehead atoms. The van der Waals surface area contributed by atoms with Gasteiger partial charge in [-0.15, -0.1) is 0 Å². The Morgan fingerprint density at radius 2 is 1.54 bits per heavy atom. The zero-order valence-electron chi connectivity index (χ0n) is 16.7. The van der Waals surface area contributed by atoms with Crippen LogP contribution in [-0.2, 0) is 4.74 Å². The van der Waals surface area contributed by atoms with E-state index >= 15 is 0 Å². The van der Waals surface area contributed by atoms with Crippen molar-refractivity contribution in [2.75, 3.05) is 19.8 Å². The predicted octanol–water partition coefficient (Wildman–Crippen LogP) is 5.54. The maximum Gasteiger partial charge on any atom is 0.145 e. The highest BCUT2D eigenvalue weighted by atomic mass is 16.5. The van der Waals surface area contributed by atoms with E-state index in [2.05, 4.69) is 11.9 Å². The van der Waals surface area contributed by atoms with Crippen molar-refractivity contribution >= 4 is 0 Å². The second-order valence-corrected chi connectivity index (χ2v) is 7.08. The Hall–Kier alpha value is -1.13. The molecule has 1 atom stereocenters. The quantitative estimate of drug-likeness (QED) is 0.347. The number of ether oxygens (including phenoxy) is 2. The van der Waals surface area contributed by atoms with E-state index in [1.807, 2.05) is 12.1 Å². The van der Waals surface area contributed by atoms with Gasteiger partial charge < -0.3 is 14.6 Å². The highest BCUT2D eigenvalue weighted by Gasteiger charge is 2.09. The zero-order chi connectivity index (χ0) is 18.7. The van der Waals surface area contributed by atoms with E-state index in [-0.39, 0.29) is 12.7 Å². The molecule has 0 radical (unpaired) electrons. The van der Waals surface area contributed by atoms with Crippen molar-refractivity contribution in [3.8, 4) is 5.75 Å². The zero-order valence-corrected chi connectivity index (χ0v) is 16.7. The van der Waals surface area contributed by atoms with Crippen molar-refractivity contribution in [1.29, 1.82) is 0 Å². The van der Waals surface area contributed by atoms with Crippen LogP contribution in [0.4, 0.5) is 0 Å². The molecule has 1 rings (SSSR count). The first-order valence-electron chi connectivity index (χ1n) is 10.6. The molecule has 0 saturated heterocycles. The topological polar surface area (TPSA) is 51.6 Å². The van der Waals surface area contributed by atoms with Crippen LogP contribution in [0.15, 0.2) is 24.5 Å². The summed E-state index contributed by atoms with van der Waals surface area (Å²) in [5, 5.41) is 9.37. The van der Waals surface area contributed by atoms with E-state index < -0.39 is 0 Å². The van der Waals surface area contributed by atoms with Gasteiger partial charge in [-0.05, 0) is 18.6 Å². The summed E-state index contributed by atoms with van der Waals surface area (Å²) in [5.74, 6) is 0.667. The Morgan fingerprint density at radius 3 is 2.08 bits per heavy atom. The van der Waals surface area contributed by atoms with Crippen molar-refractivity contribution in [2.24, 2.45) is 0 Å². The largest absolute Gasteiger partial charge is 0.484 e. The van der Waals surface area contributed by atoms with E-state index in [1.54, 1.807) is 12.4 Å². The summed E-state index contributed by atoms with van der Waals surface area (Å²) in [7, 11) is 0. The summed E-state index contributed by atoms with van der Waals surface area (Å²) in [6.07, 6.45) is 19.2. The molecule has 1 aromatic heterocycles. The third-order valence-corrected chi connectivity index (χ3v) is 4.59. The number of nitrogens with zero attached hydrogens (tertiary/aromatic N) is 1. The minimum absolute atomic E-state index is 0.0483. The molecule has 26 heavy (non-hydrogen) atoms. The van der Waals surface area contributed by atoms with Crippen LogP contribution >= 0.6 is 0 Å². The molecule has 0 amide bonds. The lowest BCUT2D eigenvalue weighted by atomic mass is 10.1. The van der Waals surface area contributed by atoms with Gasteiger partial charge in [0.05, 0.1) is 19.4 Å². The van der Waals surface area contributed by atoms with Crippen molar-refractivity contribution < 1.29 is 14.6 Å². The molecule has 4 nitrogen and oxygen atoms in total. The molecule has 0 saturated carbocycles. The molecular weight excluding hydrogens is 326 g/mol. The van der Waals surface area contributed by atoms with E-state index in [1.165, 1.54) is 70.6 Å². The fourth-order valence-electron chi connectivity index (χ4n) is 2.99. The van der Waals surface area contributed by atoms with Crippen LogP contribution in [0.1, 0.15) is 84.0 Å². The lowest BCUT2D eigenvalue weighted by Gasteiger charge is -2.16. The number of aromatic nitrogens is 1. The summed E-state index contributed by atoms with van der Waals surface area (Å²) in [4.78, 5) is 4.00. The molecule has 150 valence electrons. The standard InChI is InChI=1S/C22H39NO3/c1-2-3-4-5-6-7-8-9-10-11-12-13-17-25-20-22(19-24)26-21-15-14-16-23-18-21/h14-16,18,22,24H,2-13,17,19-20H2,1H3. The first-order chi connectivity index (χ1) is 12.9. The third kappa shape index (κ3) is 13.1. The highest BCUT2D eigenvalue weighted by molar-refractivity contribution is 5.15. The SMILES string of the molecule is CCCCCCCCCCCCCCOCC(CO)Oc1cccnc1. The Morgan fingerprint density at radius 1 is 0.923 bits per heavy atom. The number of unbranched alkanes of at least 4 members (excludes halogenated alkanes) is 11. The number of aliphatic hydroxyl groups is 1. The van der Waals surface area contributed by atoms with Crippen LogP contribution in [0.3, 0.4) is 0 Å². The number of aliphatic hydroxyl groups excluding tert-OH is 1. The number of rotatable bonds is 18. The second-order valence-electron chi connectivity index (χ2n) is 7.08. The summed E-state index contributed by atoms with van der Waals surface area (Å²) in [5.41, 5.74) is 0.